The highest BCUT2D eigenvalue weighted by atomic mass is 16.7. The number of carbonyl (C=O) groups is 2. The maximum atomic E-state index is 12.1. The van der Waals surface area contributed by atoms with E-state index < -0.39 is 0 Å². The molecule has 1 aromatic carbocycles. The van der Waals surface area contributed by atoms with Crippen molar-refractivity contribution in [2.45, 2.75) is 6.54 Å². The van der Waals surface area contributed by atoms with E-state index >= 15 is 0 Å². The predicted octanol–water partition coefficient (Wildman–Crippen LogP) is -0.194. The first-order chi connectivity index (χ1) is 10.8. The van der Waals surface area contributed by atoms with Crippen LogP contribution in [0.15, 0.2) is 18.2 Å². The van der Waals surface area contributed by atoms with Crippen molar-refractivity contribution >= 4 is 12.3 Å². The Morgan fingerprint density at radius 2 is 1.95 bits per heavy atom. The van der Waals surface area contributed by atoms with Crippen molar-refractivity contribution in [3.05, 3.63) is 23.8 Å². The van der Waals surface area contributed by atoms with Crippen molar-refractivity contribution in [1.82, 2.24) is 15.1 Å². The van der Waals surface area contributed by atoms with Crippen LogP contribution in [-0.2, 0) is 16.1 Å². The van der Waals surface area contributed by atoms with Crippen molar-refractivity contribution in [3.8, 4) is 11.5 Å². The van der Waals surface area contributed by atoms with Gasteiger partial charge < -0.3 is 24.6 Å². The summed E-state index contributed by atoms with van der Waals surface area (Å²) in [7, 11) is 0. The van der Waals surface area contributed by atoms with Gasteiger partial charge in [-0.3, -0.25) is 9.59 Å². The zero-order valence-electron chi connectivity index (χ0n) is 12.3. The molecule has 0 bridgehead atoms. The minimum atomic E-state index is 0.0614. The molecule has 7 nitrogen and oxygen atoms in total. The molecule has 118 valence electrons. The summed E-state index contributed by atoms with van der Waals surface area (Å²) >= 11 is 0. The number of nitrogens with one attached hydrogen (secondary N) is 1. The molecule has 1 N–H and O–H groups in total. The summed E-state index contributed by atoms with van der Waals surface area (Å²) in [5, 5.41) is 3.14. The molecule has 0 spiro atoms. The summed E-state index contributed by atoms with van der Waals surface area (Å²) < 4.78 is 10.6. The number of piperazine rings is 1. The molecule has 3 rings (SSSR count). The van der Waals surface area contributed by atoms with Crippen LogP contribution >= 0.6 is 0 Å². The molecule has 2 amide bonds. The fourth-order valence-electron chi connectivity index (χ4n) is 2.55. The lowest BCUT2D eigenvalue weighted by molar-refractivity contribution is -0.134. The summed E-state index contributed by atoms with van der Waals surface area (Å²) in [6.07, 6.45) is 0.833. The van der Waals surface area contributed by atoms with Gasteiger partial charge in [-0.1, -0.05) is 6.07 Å². The zero-order chi connectivity index (χ0) is 15.4. The van der Waals surface area contributed by atoms with Crippen molar-refractivity contribution in [1.29, 1.82) is 0 Å². The number of nitrogens with zero attached hydrogens (tertiary/aromatic N) is 2. The molecule has 2 aliphatic rings. The van der Waals surface area contributed by atoms with Gasteiger partial charge in [0.2, 0.25) is 19.1 Å². The van der Waals surface area contributed by atoms with E-state index in [0.717, 1.165) is 23.5 Å². The molecule has 0 aliphatic carbocycles. The number of carbonyl (C=O) groups excluding carboxylic acids is 2. The summed E-state index contributed by atoms with van der Waals surface area (Å²) in [4.78, 5) is 26.2. The van der Waals surface area contributed by atoms with E-state index in [1.807, 2.05) is 18.2 Å². The monoisotopic (exact) mass is 305 g/mol. The quantitative estimate of drug-likeness (QED) is 0.763. The molecular formula is C15H19N3O4. The minimum Gasteiger partial charge on any atom is -0.454 e. The van der Waals surface area contributed by atoms with E-state index in [-0.39, 0.29) is 19.2 Å². The molecule has 7 heteroatoms. The smallest absolute Gasteiger partial charge is 0.236 e. The first kappa shape index (κ1) is 14.6. The number of fused-ring (bicyclic) bond motifs is 1. The highest BCUT2D eigenvalue weighted by molar-refractivity contribution is 5.78. The molecule has 0 radical (unpaired) electrons. The normalized spacial score (nSPS) is 16.7. The molecule has 1 fully saturated rings. The van der Waals surface area contributed by atoms with Gasteiger partial charge in [-0.2, -0.15) is 0 Å². The second kappa shape index (κ2) is 6.65. The molecule has 0 atom stereocenters. The maximum Gasteiger partial charge on any atom is 0.236 e. The van der Waals surface area contributed by atoms with Crippen LogP contribution < -0.4 is 14.8 Å². The molecule has 1 aromatic rings. The largest absolute Gasteiger partial charge is 0.454 e. The van der Waals surface area contributed by atoms with Crippen LogP contribution in [0.5, 0.6) is 11.5 Å². The molecular weight excluding hydrogens is 286 g/mol. The third kappa shape index (κ3) is 3.30. The van der Waals surface area contributed by atoms with E-state index in [0.29, 0.717) is 32.7 Å². The molecule has 2 heterocycles. The lowest BCUT2D eigenvalue weighted by Crippen LogP contribution is -2.50. The van der Waals surface area contributed by atoms with Gasteiger partial charge in [0.15, 0.2) is 11.5 Å². The summed E-state index contributed by atoms with van der Waals surface area (Å²) in [6, 6.07) is 5.75. The first-order valence-electron chi connectivity index (χ1n) is 7.32. The SMILES string of the molecule is O=CN1CCN(C(=O)CNCc2ccc3c(c2)OCO3)CC1. The number of hydrogen-bond acceptors (Lipinski definition) is 5. The summed E-state index contributed by atoms with van der Waals surface area (Å²) in [5.74, 6) is 1.56. The zero-order valence-corrected chi connectivity index (χ0v) is 12.3. The van der Waals surface area contributed by atoms with Gasteiger partial charge in [0.25, 0.3) is 0 Å². The minimum absolute atomic E-state index is 0.0614. The Morgan fingerprint density at radius 1 is 1.18 bits per heavy atom. The van der Waals surface area contributed by atoms with Crippen LogP contribution in [0.4, 0.5) is 0 Å². The van der Waals surface area contributed by atoms with Crippen LogP contribution in [0.1, 0.15) is 5.56 Å². The van der Waals surface area contributed by atoms with Crippen molar-refractivity contribution in [2.75, 3.05) is 39.5 Å². The average molecular weight is 305 g/mol. The van der Waals surface area contributed by atoms with Gasteiger partial charge in [-0.05, 0) is 17.7 Å². The van der Waals surface area contributed by atoms with Crippen molar-refractivity contribution in [3.63, 3.8) is 0 Å². The Balaban J connectivity index is 1.43. The van der Waals surface area contributed by atoms with Gasteiger partial charge in [0, 0.05) is 32.7 Å². The molecule has 0 saturated carbocycles. The number of ether oxygens (including phenoxy) is 2. The maximum absolute atomic E-state index is 12.1. The summed E-state index contributed by atoms with van der Waals surface area (Å²) in [6.45, 7) is 3.56. The summed E-state index contributed by atoms with van der Waals surface area (Å²) in [5.41, 5.74) is 1.04. The molecule has 0 unspecified atom stereocenters. The van der Waals surface area contributed by atoms with Crippen molar-refractivity contribution < 1.29 is 19.1 Å². The Labute approximate surface area is 128 Å². The van der Waals surface area contributed by atoms with Crippen LogP contribution in [0.2, 0.25) is 0 Å². The lowest BCUT2D eigenvalue weighted by atomic mass is 10.2. The first-order valence-corrected chi connectivity index (χ1v) is 7.32. The van der Waals surface area contributed by atoms with Crippen LogP contribution in [0, 0.1) is 0 Å². The van der Waals surface area contributed by atoms with E-state index in [9.17, 15) is 9.59 Å². The fraction of sp³-hybridized carbons (Fsp3) is 0.467. The van der Waals surface area contributed by atoms with Crippen LogP contribution in [0.25, 0.3) is 0 Å². The number of rotatable bonds is 5. The van der Waals surface area contributed by atoms with Gasteiger partial charge in [-0.25, -0.2) is 0 Å². The van der Waals surface area contributed by atoms with E-state index in [4.69, 9.17) is 9.47 Å². The third-order valence-electron chi connectivity index (χ3n) is 3.86. The number of amides is 2. The topological polar surface area (TPSA) is 71.1 Å². The van der Waals surface area contributed by atoms with Gasteiger partial charge in [0.05, 0.1) is 6.54 Å². The van der Waals surface area contributed by atoms with E-state index in [1.165, 1.54) is 0 Å². The highest BCUT2D eigenvalue weighted by Crippen LogP contribution is 2.32. The average Bonchev–Trinajstić information content (AvgIpc) is 3.02. The molecule has 1 saturated heterocycles. The van der Waals surface area contributed by atoms with Crippen LogP contribution in [-0.4, -0.2) is 61.6 Å². The van der Waals surface area contributed by atoms with Crippen molar-refractivity contribution in [2.24, 2.45) is 0 Å². The second-order valence-corrected chi connectivity index (χ2v) is 5.31. The van der Waals surface area contributed by atoms with E-state index in [1.54, 1.807) is 9.80 Å². The van der Waals surface area contributed by atoms with E-state index in [2.05, 4.69) is 5.32 Å². The Morgan fingerprint density at radius 3 is 2.73 bits per heavy atom. The lowest BCUT2D eigenvalue weighted by Gasteiger charge is -2.32. The predicted molar refractivity (Wildman–Crippen MR) is 78.5 cm³/mol. The van der Waals surface area contributed by atoms with Crippen LogP contribution in [0.3, 0.4) is 0 Å². The standard InChI is InChI=1S/C15H19N3O4/c19-10-17-3-5-18(6-4-17)15(20)9-16-8-12-1-2-13-14(7-12)22-11-21-13/h1-2,7,10,16H,3-6,8-9,11H2. The highest BCUT2D eigenvalue weighted by Gasteiger charge is 2.19. The Kier molecular flexibility index (Phi) is 4.43. The molecule has 0 aromatic heterocycles. The fourth-order valence-corrected chi connectivity index (χ4v) is 2.55. The Bertz CT molecular complexity index is 556. The second-order valence-electron chi connectivity index (χ2n) is 5.31. The third-order valence-corrected chi connectivity index (χ3v) is 3.86. The van der Waals surface area contributed by atoms with Gasteiger partial charge >= 0.3 is 0 Å². The molecule has 22 heavy (non-hydrogen) atoms. The number of hydrogen-bond donors (Lipinski definition) is 1. The van der Waals surface area contributed by atoms with Gasteiger partial charge in [0.1, 0.15) is 0 Å². The van der Waals surface area contributed by atoms with Gasteiger partial charge in [-0.15, -0.1) is 0 Å². The number of benzene rings is 1. The Hall–Kier alpha value is -2.28. The molecule has 2 aliphatic heterocycles.